The molecule has 0 spiro atoms. The topological polar surface area (TPSA) is 66.9 Å². The highest BCUT2D eigenvalue weighted by Crippen LogP contribution is 2.28. The molecule has 1 amide bonds. The summed E-state index contributed by atoms with van der Waals surface area (Å²) in [5.74, 6) is 0.341. The highest BCUT2D eigenvalue weighted by Gasteiger charge is 2.30. The molecule has 0 bridgehead atoms. The molecule has 0 radical (unpaired) electrons. The van der Waals surface area contributed by atoms with E-state index < -0.39 is 10.0 Å². The van der Waals surface area contributed by atoms with Gasteiger partial charge in [0.05, 0.1) is 23.4 Å². The van der Waals surface area contributed by atoms with Crippen molar-refractivity contribution in [3.8, 4) is 5.75 Å². The molecule has 6 nitrogen and oxygen atoms in total. The van der Waals surface area contributed by atoms with Crippen molar-refractivity contribution in [3.05, 3.63) is 58.1 Å². The Bertz CT molecular complexity index is 974. The summed E-state index contributed by atoms with van der Waals surface area (Å²) in [5.41, 5.74) is 0.761. The van der Waals surface area contributed by atoms with Gasteiger partial charge in [-0.3, -0.25) is 4.79 Å². The summed E-state index contributed by atoms with van der Waals surface area (Å²) in [4.78, 5) is 14.3. The molecular weight excluding hydrogens is 423 g/mol. The van der Waals surface area contributed by atoms with E-state index in [1.165, 1.54) is 29.6 Å². The van der Waals surface area contributed by atoms with E-state index in [9.17, 15) is 13.2 Å². The maximum Gasteiger partial charge on any atom is 0.243 e. The zero-order valence-corrected chi connectivity index (χ0v) is 17.6. The first-order chi connectivity index (χ1) is 13.3. The Balaban J connectivity index is 1.65. The van der Waals surface area contributed by atoms with Crippen LogP contribution in [0.3, 0.4) is 0 Å². The minimum atomic E-state index is -3.69. The first-order valence-electron chi connectivity index (χ1n) is 8.68. The van der Waals surface area contributed by atoms with Gasteiger partial charge in [0.25, 0.3) is 0 Å². The van der Waals surface area contributed by atoms with Crippen LogP contribution in [-0.4, -0.2) is 56.8 Å². The van der Waals surface area contributed by atoms with Crippen molar-refractivity contribution < 1.29 is 17.9 Å². The number of hydrogen-bond donors (Lipinski definition) is 0. The van der Waals surface area contributed by atoms with Crippen LogP contribution in [0.1, 0.15) is 5.56 Å². The molecule has 2 aromatic rings. The molecule has 1 aliphatic rings. The van der Waals surface area contributed by atoms with Crippen molar-refractivity contribution in [3.63, 3.8) is 0 Å². The summed E-state index contributed by atoms with van der Waals surface area (Å²) < 4.78 is 32.1. The number of ether oxygens (including phenoxy) is 1. The van der Waals surface area contributed by atoms with Crippen LogP contribution in [-0.2, 0) is 21.2 Å². The normalized spacial score (nSPS) is 15.5. The second-order valence-electron chi connectivity index (χ2n) is 6.35. The number of halogens is 2. The Hall–Kier alpha value is -1.80. The fraction of sp³-hybridized carbons (Fsp3) is 0.316. The van der Waals surface area contributed by atoms with E-state index in [1.807, 2.05) is 18.2 Å². The van der Waals surface area contributed by atoms with Gasteiger partial charge in [0.2, 0.25) is 15.9 Å². The molecule has 1 aliphatic heterocycles. The summed E-state index contributed by atoms with van der Waals surface area (Å²) in [6, 6.07) is 11.6. The van der Waals surface area contributed by atoms with Crippen LogP contribution in [0.4, 0.5) is 0 Å². The molecule has 0 unspecified atom stereocenters. The molecule has 1 saturated heterocycles. The van der Waals surface area contributed by atoms with Crippen LogP contribution < -0.4 is 4.74 Å². The first-order valence-corrected chi connectivity index (χ1v) is 10.9. The van der Waals surface area contributed by atoms with Crippen molar-refractivity contribution >= 4 is 39.1 Å². The fourth-order valence-electron chi connectivity index (χ4n) is 3.05. The lowest BCUT2D eigenvalue weighted by molar-refractivity contribution is -0.131. The minimum absolute atomic E-state index is 0.0716. The Kier molecular flexibility index (Phi) is 6.50. The molecule has 3 rings (SSSR count). The van der Waals surface area contributed by atoms with Gasteiger partial charge in [-0.25, -0.2) is 8.42 Å². The van der Waals surface area contributed by atoms with E-state index in [2.05, 4.69) is 0 Å². The molecule has 0 aromatic heterocycles. The van der Waals surface area contributed by atoms with Gasteiger partial charge < -0.3 is 9.64 Å². The van der Waals surface area contributed by atoms with E-state index >= 15 is 0 Å². The highest BCUT2D eigenvalue weighted by atomic mass is 35.5. The van der Waals surface area contributed by atoms with Gasteiger partial charge in [-0.1, -0.05) is 41.4 Å². The SMILES string of the molecule is COc1ccc(S(=O)(=O)N2CCN(C(=O)Cc3ccccc3Cl)CC2)cc1Cl. The number of piperazine rings is 1. The van der Waals surface area contributed by atoms with Crippen LogP contribution in [0.15, 0.2) is 47.4 Å². The largest absolute Gasteiger partial charge is 0.495 e. The van der Waals surface area contributed by atoms with Gasteiger partial charge in [-0.15, -0.1) is 0 Å². The van der Waals surface area contributed by atoms with E-state index in [0.717, 1.165) is 5.56 Å². The van der Waals surface area contributed by atoms with Crippen LogP contribution in [0.25, 0.3) is 0 Å². The number of hydrogen-bond acceptors (Lipinski definition) is 4. The number of carbonyl (C=O) groups is 1. The summed E-state index contributed by atoms with van der Waals surface area (Å²) >= 11 is 12.2. The number of rotatable bonds is 5. The van der Waals surface area contributed by atoms with Crippen LogP contribution in [0.5, 0.6) is 5.75 Å². The van der Waals surface area contributed by atoms with Crippen LogP contribution in [0.2, 0.25) is 10.0 Å². The lowest BCUT2D eigenvalue weighted by Gasteiger charge is -2.34. The van der Waals surface area contributed by atoms with Crippen LogP contribution >= 0.6 is 23.2 Å². The zero-order valence-electron chi connectivity index (χ0n) is 15.3. The summed E-state index contributed by atoms with van der Waals surface area (Å²) in [5, 5.41) is 0.783. The van der Waals surface area contributed by atoms with Crippen molar-refractivity contribution in [1.82, 2.24) is 9.21 Å². The summed E-state index contributed by atoms with van der Waals surface area (Å²) in [6.45, 7) is 1.10. The van der Waals surface area contributed by atoms with Crippen molar-refractivity contribution in [1.29, 1.82) is 0 Å². The first kappa shape index (κ1) is 20.9. The summed E-state index contributed by atoms with van der Waals surface area (Å²) in [6.07, 6.45) is 0.195. The van der Waals surface area contributed by atoms with E-state index in [-0.39, 0.29) is 35.3 Å². The quantitative estimate of drug-likeness (QED) is 0.713. The van der Waals surface area contributed by atoms with E-state index in [4.69, 9.17) is 27.9 Å². The molecule has 28 heavy (non-hydrogen) atoms. The number of amides is 1. The van der Waals surface area contributed by atoms with Gasteiger partial charge >= 0.3 is 0 Å². The van der Waals surface area contributed by atoms with Crippen LogP contribution in [0, 0.1) is 0 Å². The predicted molar refractivity (Wildman–Crippen MR) is 108 cm³/mol. The number of methoxy groups -OCH3 is 1. The summed E-state index contributed by atoms with van der Waals surface area (Å²) in [7, 11) is -2.22. The molecule has 1 heterocycles. The second kappa shape index (κ2) is 8.69. The minimum Gasteiger partial charge on any atom is -0.495 e. The lowest BCUT2D eigenvalue weighted by Crippen LogP contribution is -2.50. The fourth-order valence-corrected chi connectivity index (χ4v) is 5.02. The second-order valence-corrected chi connectivity index (χ2v) is 9.10. The smallest absolute Gasteiger partial charge is 0.243 e. The number of nitrogens with zero attached hydrogens (tertiary/aromatic N) is 2. The Morgan fingerprint density at radius 2 is 1.71 bits per heavy atom. The molecule has 0 saturated carbocycles. The van der Waals surface area contributed by atoms with Crippen molar-refractivity contribution in [2.24, 2.45) is 0 Å². The van der Waals surface area contributed by atoms with E-state index in [1.54, 1.807) is 11.0 Å². The molecule has 1 fully saturated rings. The molecule has 0 N–H and O–H groups in total. The maximum atomic E-state index is 12.9. The molecule has 2 aromatic carbocycles. The maximum absolute atomic E-state index is 12.9. The Morgan fingerprint density at radius 3 is 2.32 bits per heavy atom. The molecular formula is C19H20Cl2N2O4S. The predicted octanol–water partition coefficient (Wildman–Crippen LogP) is 3.08. The van der Waals surface area contributed by atoms with Gasteiger partial charge in [0, 0.05) is 31.2 Å². The standard InChI is InChI=1S/C19H20Cl2N2O4S/c1-27-18-7-6-15(13-17(18)21)28(25,26)23-10-8-22(9-11-23)19(24)12-14-4-2-3-5-16(14)20/h2-7,13H,8-12H2,1H3. The molecule has 0 aliphatic carbocycles. The highest BCUT2D eigenvalue weighted by molar-refractivity contribution is 7.89. The lowest BCUT2D eigenvalue weighted by atomic mass is 10.1. The average molecular weight is 443 g/mol. The zero-order chi connectivity index (χ0) is 20.3. The van der Waals surface area contributed by atoms with Crippen molar-refractivity contribution in [2.45, 2.75) is 11.3 Å². The molecule has 9 heteroatoms. The molecule has 150 valence electrons. The van der Waals surface area contributed by atoms with Gasteiger partial charge in [0.15, 0.2) is 0 Å². The number of sulfonamides is 1. The number of carbonyl (C=O) groups excluding carboxylic acids is 1. The molecule has 0 atom stereocenters. The van der Waals surface area contributed by atoms with Gasteiger partial charge in [0.1, 0.15) is 5.75 Å². The Morgan fingerprint density at radius 1 is 1.04 bits per heavy atom. The monoisotopic (exact) mass is 442 g/mol. The van der Waals surface area contributed by atoms with Crippen molar-refractivity contribution in [2.75, 3.05) is 33.3 Å². The van der Waals surface area contributed by atoms with E-state index in [0.29, 0.717) is 23.9 Å². The van der Waals surface area contributed by atoms with Gasteiger partial charge in [-0.05, 0) is 29.8 Å². The third-order valence-electron chi connectivity index (χ3n) is 4.65. The Labute approximate surface area is 174 Å². The number of benzene rings is 2. The van der Waals surface area contributed by atoms with Gasteiger partial charge in [-0.2, -0.15) is 4.31 Å². The average Bonchev–Trinajstić information content (AvgIpc) is 2.69. The third-order valence-corrected chi connectivity index (χ3v) is 7.21. The third kappa shape index (κ3) is 4.43.